The molecular weight excluding hydrogens is 186 g/mol. The summed E-state index contributed by atoms with van der Waals surface area (Å²) in [5.74, 6) is -0.141. The van der Waals surface area contributed by atoms with Crippen LogP contribution < -0.4 is 0 Å². The van der Waals surface area contributed by atoms with Crippen LogP contribution in [0.15, 0.2) is 6.33 Å². The first-order valence-electron chi connectivity index (χ1n) is 4.22. The maximum absolute atomic E-state index is 11.4. The van der Waals surface area contributed by atoms with E-state index in [0.717, 1.165) is 0 Å². The molecule has 78 valence electrons. The molecule has 0 aromatic carbocycles. The predicted octanol–water partition coefficient (Wildman–Crippen LogP) is -1.49. The zero-order valence-corrected chi connectivity index (χ0v) is 8.16. The highest BCUT2D eigenvalue weighted by Gasteiger charge is 2.11. The molecule has 1 N–H and O–H groups in total. The summed E-state index contributed by atoms with van der Waals surface area (Å²) in [6.45, 7) is 2.03. The average Bonchev–Trinajstić information content (AvgIpc) is 2.55. The largest absolute Gasteiger partial charge is 0.392 e. The van der Waals surface area contributed by atoms with Crippen LogP contribution in [-0.4, -0.2) is 55.8 Å². The van der Waals surface area contributed by atoms with Gasteiger partial charge in [-0.05, 0) is 17.4 Å². The molecule has 0 aliphatic rings. The van der Waals surface area contributed by atoms with Gasteiger partial charge in [0.25, 0.3) is 0 Å². The van der Waals surface area contributed by atoms with Crippen LogP contribution in [0, 0.1) is 0 Å². The summed E-state index contributed by atoms with van der Waals surface area (Å²) in [6, 6.07) is 0. The number of tetrazole rings is 1. The Morgan fingerprint density at radius 1 is 1.71 bits per heavy atom. The van der Waals surface area contributed by atoms with E-state index in [9.17, 15) is 4.79 Å². The van der Waals surface area contributed by atoms with Crippen molar-refractivity contribution in [2.24, 2.45) is 0 Å². The van der Waals surface area contributed by atoms with Crippen LogP contribution >= 0.6 is 0 Å². The van der Waals surface area contributed by atoms with Crippen LogP contribution in [0.3, 0.4) is 0 Å². The third kappa shape index (κ3) is 3.09. The van der Waals surface area contributed by atoms with E-state index in [-0.39, 0.29) is 12.5 Å². The van der Waals surface area contributed by atoms with E-state index >= 15 is 0 Å². The normalized spacial score (nSPS) is 12.5. The summed E-state index contributed by atoms with van der Waals surface area (Å²) in [4.78, 5) is 12.9. The van der Waals surface area contributed by atoms with E-state index in [1.54, 1.807) is 14.0 Å². The molecule has 1 unspecified atom stereocenters. The standard InChI is InChI=1S/C7H13N5O2/c1-6(13)3-11(2)7(14)4-12-5-8-9-10-12/h5-6,13H,3-4H2,1-2H3. The number of hydrogen-bond donors (Lipinski definition) is 1. The molecule has 0 bridgehead atoms. The van der Waals surface area contributed by atoms with Crippen LogP contribution in [0.2, 0.25) is 0 Å². The second-order valence-corrected chi connectivity index (χ2v) is 3.13. The Labute approximate surface area is 81.3 Å². The minimum absolute atomic E-state index is 0.0935. The van der Waals surface area contributed by atoms with Crippen molar-refractivity contribution >= 4 is 5.91 Å². The molecule has 1 aromatic rings. The number of amides is 1. The zero-order valence-electron chi connectivity index (χ0n) is 8.16. The lowest BCUT2D eigenvalue weighted by atomic mass is 10.3. The lowest BCUT2D eigenvalue weighted by molar-refractivity contribution is -0.131. The van der Waals surface area contributed by atoms with Gasteiger partial charge in [0.15, 0.2) is 0 Å². The zero-order chi connectivity index (χ0) is 10.6. The van der Waals surface area contributed by atoms with Gasteiger partial charge in [0.05, 0.1) is 6.10 Å². The van der Waals surface area contributed by atoms with Crippen molar-refractivity contribution < 1.29 is 9.90 Å². The number of nitrogens with zero attached hydrogens (tertiary/aromatic N) is 5. The van der Waals surface area contributed by atoms with Gasteiger partial charge in [0.2, 0.25) is 5.91 Å². The van der Waals surface area contributed by atoms with Gasteiger partial charge in [-0.3, -0.25) is 4.79 Å². The molecule has 1 heterocycles. The lowest BCUT2D eigenvalue weighted by Crippen LogP contribution is -2.35. The van der Waals surface area contributed by atoms with E-state index in [2.05, 4.69) is 15.5 Å². The summed E-state index contributed by atoms with van der Waals surface area (Å²) >= 11 is 0. The molecule has 0 fully saturated rings. The van der Waals surface area contributed by atoms with Gasteiger partial charge in [-0.1, -0.05) is 0 Å². The second kappa shape index (κ2) is 4.66. The van der Waals surface area contributed by atoms with Crippen LogP contribution in [0.25, 0.3) is 0 Å². The third-order valence-corrected chi connectivity index (χ3v) is 1.65. The Morgan fingerprint density at radius 3 is 2.93 bits per heavy atom. The van der Waals surface area contributed by atoms with E-state index in [0.29, 0.717) is 6.54 Å². The van der Waals surface area contributed by atoms with Gasteiger partial charge in [-0.15, -0.1) is 5.10 Å². The molecule has 0 saturated carbocycles. The van der Waals surface area contributed by atoms with Gasteiger partial charge in [-0.25, -0.2) is 4.68 Å². The molecule has 0 spiro atoms. The molecular formula is C7H13N5O2. The number of aliphatic hydroxyl groups is 1. The highest BCUT2D eigenvalue weighted by molar-refractivity contribution is 5.75. The van der Waals surface area contributed by atoms with Crippen molar-refractivity contribution in [2.75, 3.05) is 13.6 Å². The van der Waals surface area contributed by atoms with Crippen LogP contribution in [0.4, 0.5) is 0 Å². The number of hydrogen-bond acceptors (Lipinski definition) is 5. The van der Waals surface area contributed by atoms with Gasteiger partial charge >= 0.3 is 0 Å². The molecule has 7 nitrogen and oxygen atoms in total. The van der Waals surface area contributed by atoms with Crippen molar-refractivity contribution in [1.82, 2.24) is 25.1 Å². The first-order chi connectivity index (χ1) is 6.59. The monoisotopic (exact) mass is 199 g/mol. The molecule has 0 aliphatic heterocycles. The summed E-state index contributed by atoms with van der Waals surface area (Å²) in [5, 5.41) is 19.4. The summed E-state index contributed by atoms with van der Waals surface area (Å²) in [5.41, 5.74) is 0. The molecule has 1 atom stereocenters. The maximum atomic E-state index is 11.4. The SMILES string of the molecule is CC(O)CN(C)C(=O)Cn1cnnn1. The fourth-order valence-electron chi connectivity index (χ4n) is 1.01. The van der Waals surface area contributed by atoms with Gasteiger partial charge in [0, 0.05) is 13.6 Å². The fraction of sp³-hybridized carbons (Fsp3) is 0.714. The van der Waals surface area contributed by atoms with Crippen molar-refractivity contribution in [3.63, 3.8) is 0 Å². The second-order valence-electron chi connectivity index (χ2n) is 3.13. The molecule has 1 aromatic heterocycles. The first kappa shape index (κ1) is 10.6. The van der Waals surface area contributed by atoms with E-state index in [1.165, 1.54) is 15.9 Å². The maximum Gasteiger partial charge on any atom is 0.244 e. The quantitative estimate of drug-likeness (QED) is 0.638. The number of carbonyl (C=O) groups is 1. The van der Waals surface area contributed by atoms with Crippen LogP contribution in [-0.2, 0) is 11.3 Å². The first-order valence-corrected chi connectivity index (χ1v) is 4.22. The van der Waals surface area contributed by atoms with Gasteiger partial charge in [0.1, 0.15) is 12.9 Å². The van der Waals surface area contributed by atoms with E-state index in [4.69, 9.17) is 5.11 Å². The molecule has 14 heavy (non-hydrogen) atoms. The smallest absolute Gasteiger partial charge is 0.244 e. The number of carbonyl (C=O) groups excluding carboxylic acids is 1. The van der Waals surface area contributed by atoms with Gasteiger partial charge in [-0.2, -0.15) is 0 Å². The highest BCUT2D eigenvalue weighted by atomic mass is 16.3. The molecule has 1 amide bonds. The molecule has 1 rings (SSSR count). The molecule has 0 saturated heterocycles. The third-order valence-electron chi connectivity index (χ3n) is 1.65. The topological polar surface area (TPSA) is 84.1 Å². The summed E-state index contributed by atoms with van der Waals surface area (Å²) in [7, 11) is 1.62. The minimum atomic E-state index is -0.530. The summed E-state index contributed by atoms with van der Waals surface area (Å²) in [6.07, 6.45) is 0.839. The van der Waals surface area contributed by atoms with Crippen molar-refractivity contribution in [3.05, 3.63) is 6.33 Å². The number of aliphatic hydroxyl groups excluding tert-OH is 1. The van der Waals surface area contributed by atoms with Crippen molar-refractivity contribution in [3.8, 4) is 0 Å². The predicted molar refractivity (Wildman–Crippen MR) is 47.1 cm³/mol. The average molecular weight is 199 g/mol. The molecule has 7 heteroatoms. The van der Waals surface area contributed by atoms with Crippen molar-refractivity contribution in [1.29, 1.82) is 0 Å². The number of aromatic nitrogens is 4. The van der Waals surface area contributed by atoms with Crippen molar-refractivity contribution in [2.45, 2.75) is 19.6 Å². The van der Waals surface area contributed by atoms with Crippen LogP contribution in [0.1, 0.15) is 6.92 Å². The van der Waals surface area contributed by atoms with Gasteiger partial charge < -0.3 is 10.0 Å². The summed E-state index contributed by atoms with van der Waals surface area (Å²) < 4.78 is 1.33. The van der Waals surface area contributed by atoms with E-state index < -0.39 is 6.10 Å². The Kier molecular flexibility index (Phi) is 3.52. The minimum Gasteiger partial charge on any atom is -0.392 e. The fourth-order valence-corrected chi connectivity index (χ4v) is 1.01. The Bertz CT molecular complexity index is 284. The lowest BCUT2D eigenvalue weighted by Gasteiger charge is -2.18. The highest BCUT2D eigenvalue weighted by Crippen LogP contribution is 1.91. The molecule has 0 aliphatic carbocycles. The van der Waals surface area contributed by atoms with Crippen LogP contribution in [0.5, 0.6) is 0 Å². The number of rotatable bonds is 4. The Morgan fingerprint density at radius 2 is 2.43 bits per heavy atom. The number of likely N-dealkylation sites (N-methyl/N-ethyl adjacent to an activating group) is 1. The van der Waals surface area contributed by atoms with E-state index in [1.807, 2.05) is 0 Å². The Balaban J connectivity index is 2.42. The Hall–Kier alpha value is -1.50. The molecule has 0 radical (unpaired) electrons.